The molecule has 0 saturated heterocycles. The van der Waals surface area contributed by atoms with Crippen LogP contribution in [0.1, 0.15) is 35.2 Å². The van der Waals surface area contributed by atoms with Crippen LogP contribution in [0.15, 0.2) is 88.5 Å². The second kappa shape index (κ2) is 11.6. The number of benzene rings is 3. The highest BCUT2D eigenvalue weighted by Gasteiger charge is 2.16. The van der Waals surface area contributed by atoms with E-state index in [-0.39, 0.29) is 31.2 Å². The molecule has 0 saturated carbocycles. The van der Waals surface area contributed by atoms with Gasteiger partial charge in [-0.3, -0.25) is 23.5 Å². The first-order chi connectivity index (χ1) is 17.5. The van der Waals surface area contributed by atoms with Gasteiger partial charge in [-0.25, -0.2) is 4.79 Å². The summed E-state index contributed by atoms with van der Waals surface area (Å²) in [6, 6.07) is 22.8. The summed E-state index contributed by atoms with van der Waals surface area (Å²) >= 11 is 6.12. The molecule has 1 aromatic heterocycles. The molecule has 0 aliphatic heterocycles. The van der Waals surface area contributed by atoms with Gasteiger partial charge in [0.05, 0.1) is 17.4 Å². The minimum Gasteiger partial charge on any atom is -0.352 e. The molecule has 1 heterocycles. The first-order valence-electron chi connectivity index (χ1n) is 11.8. The molecule has 4 aromatic rings. The number of hydrogen-bond donors (Lipinski definition) is 1. The summed E-state index contributed by atoms with van der Waals surface area (Å²) in [5.74, 6) is -0.352. The van der Waals surface area contributed by atoms with Crippen LogP contribution < -0.4 is 16.6 Å². The van der Waals surface area contributed by atoms with Crippen LogP contribution in [-0.2, 0) is 24.4 Å². The van der Waals surface area contributed by atoms with Crippen LogP contribution in [0.3, 0.4) is 0 Å². The van der Waals surface area contributed by atoms with Crippen LogP contribution in [0.2, 0.25) is 5.02 Å². The van der Waals surface area contributed by atoms with Gasteiger partial charge in [-0.2, -0.15) is 0 Å². The van der Waals surface area contributed by atoms with Gasteiger partial charge in [0.15, 0.2) is 5.78 Å². The number of para-hydroxylation sites is 1. The highest BCUT2D eigenvalue weighted by atomic mass is 35.5. The summed E-state index contributed by atoms with van der Waals surface area (Å²) in [5.41, 5.74) is 0.815. The van der Waals surface area contributed by atoms with Crippen molar-refractivity contribution >= 4 is 34.2 Å². The quantitative estimate of drug-likeness (QED) is 0.259. The largest absolute Gasteiger partial charge is 0.352 e. The predicted molar refractivity (Wildman–Crippen MR) is 140 cm³/mol. The lowest BCUT2D eigenvalue weighted by molar-refractivity contribution is -0.121. The number of Topliss-reactive ketones (excluding diaryl/α,β-unsaturated/α-hetero) is 1. The van der Waals surface area contributed by atoms with E-state index in [1.54, 1.807) is 54.6 Å². The Kier molecular flexibility index (Phi) is 8.13. The Morgan fingerprint density at radius 3 is 2.28 bits per heavy atom. The number of aromatic nitrogens is 2. The third kappa shape index (κ3) is 5.80. The van der Waals surface area contributed by atoms with E-state index in [1.165, 1.54) is 4.57 Å². The van der Waals surface area contributed by atoms with Gasteiger partial charge >= 0.3 is 5.69 Å². The topological polar surface area (TPSA) is 90.2 Å². The molecule has 0 spiro atoms. The third-order valence-corrected chi connectivity index (χ3v) is 6.37. The van der Waals surface area contributed by atoms with Crippen molar-refractivity contribution in [2.45, 2.75) is 38.9 Å². The van der Waals surface area contributed by atoms with Gasteiger partial charge in [-0.05, 0) is 36.6 Å². The van der Waals surface area contributed by atoms with Crippen molar-refractivity contribution < 1.29 is 9.59 Å². The molecule has 0 radical (unpaired) electrons. The Morgan fingerprint density at radius 2 is 1.50 bits per heavy atom. The van der Waals surface area contributed by atoms with Gasteiger partial charge in [-0.1, -0.05) is 72.3 Å². The van der Waals surface area contributed by atoms with Gasteiger partial charge < -0.3 is 5.32 Å². The summed E-state index contributed by atoms with van der Waals surface area (Å²) in [6.07, 6.45) is 1.21. The maximum atomic E-state index is 13.3. The standard InChI is InChI=1S/C28H26ClN3O4/c29-23-14-6-4-12-21(23)18-30-26(34)16-8-9-17-31-27(35)22-13-5-7-15-24(22)32(28(31)36)19-25(33)20-10-2-1-3-11-20/h1-7,10-15H,8-9,16-19H2,(H,30,34). The molecule has 3 aromatic carbocycles. The zero-order valence-corrected chi connectivity index (χ0v) is 20.4. The van der Waals surface area contributed by atoms with E-state index in [9.17, 15) is 19.2 Å². The SMILES string of the molecule is O=C(CCCCn1c(=O)c2ccccc2n(CC(=O)c2ccccc2)c1=O)NCc1ccccc1Cl. The van der Waals surface area contributed by atoms with Crippen molar-refractivity contribution in [1.29, 1.82) is 0 Å². The van der Waals surface area contributed by atoms with Crippen molar-refractivity contribution in [2.75, 3.05) is 0 Å². The summed E-state index contributed by atoms with van der Waals surface area (Å²) in [7, 11) is 0. The van der Waals surface area contributed by atoms with Crippen LogP contribution in [0.4, 0.5) is 0 Å². The van der Waals surface area contributed by atoms with Gasteiger partial charge in [0.25, 0.3) is 5.56 Å². The highest BCUT2D eigenvalue weighted by molar-refractivity contribution is 6.31. The van der Waals surface area contributed by atoms with E-state index < -0.39 is 11.2 Å². The Hall–Kier alpha value is -3.97. The lowest BCUT2D eigenvalue weighted by Gasteiger charge is -2.14. The number of nitrogens with zero attached hydrogens (tertiary/aromatic N) is 2. The van der Waals surface area contributed by atoms with Crippen LogP contribution >= 0.6 is 11.6 Å². The molecule has 0 unspecified atom stereocenters. The number of halogens is 1. The lowest BCUT2D eigenvalue weighted by Crippen LogP contribution is -2.41. The molecule has 0 aliphatic rings. The molecule has 4 rings (SSSR count). The number of carbonyl (C=O) groups excluding carboxylic acids is 2. The van der Waals surface area contributed by atoms with E-state index >= 15 is 0 Å². The molecular weight excluding hydrogens is 478 g/mol. The Morgan fingerprint density at radius 1 is 0.806 bits per heavy atom. The van der Waals surface area contributed by atoms with Crippen molar-refractivity contribution in [3.05, 3.63) is 116 Å². The monoisotopic (exact) mass is 503 g/mol. The number of unbranched alkanes of at least 4 members (excludes halogenated alkanes) is 1. The van der Waals surface area contributed by atoms with Gasteiger partial charge in [0.1, 0.15) is 0 Å². The van der Waals surface area contributed by atoms with Gasteiger partial charge in [0, 0.05) is 30.1 Å². The first kappa shape index (κ1) is 25.1. The van der Waals surface area contributed by atoms with Gasteiger partial charge in [-0.15, -0.1) is 0 Å². The van der Waals surface area contributed by atoms with Crippen molar-refractivity contribution in [2.24, 2.45) is 0 Å². The van der Waals surface area contributed by atoms with Crippen molar-refractivity contribution in [3.63, 3.8) is 0 Å². The van der Waals surface area contributed by atoms with Crippen LogP contribution in [0.5, 0.6) is 0 Å². The van der Waals surface area contributed by atoms with E-state index in [0.29, 0.717) is 40.9 Å². The second-order valence-electron chi connectivity index (χ2n) is 8.46. The number of fused-ring (bicyclic) bond motifs is 1. The number of hydrogen-bond acceptors (Lipinski definition) is 4. The van der Waals surface area contributed by atoms with E-state index in [4.69, 9.17) is 11.6 Å². The highest BCUT2D eigenvalue weighted by Crippen LogP contribution is 2.14. The summed E-state index contributed by atoms with van der Waals surface area (Å²) in [6.45, 7) is 0.316. The molecule has 0 aliphatic carbocycles. The molecule has 0 atom stereocenters. The zero-order valence-electron chi connectivity index (χ0n) is 19.7. The Balaban J connectivity index is 1.45. The predicted octanol–water partition coefficient (Wildman–Crippen LogP) is 4.19. The Labute approximate surface area is 213 Å². The summed E-state index contributed by atoms with van der Waals surface area (Å²) in [5, 5.41) is 3.80. The van der Waals surface area contributed by atoms with Crippen LogP contribution in [0, 0.1) is 0 Å². The molecule has 0 fully saturated rings. The van der Waals surface area contributed by atoms with E-state index in [1.807, 2.05) is 24.3 Å². The average molecular weight is 504 g/mol. The molecule has 184 valence electrons. The number of carbonyl (C=O) groups is 2. The van der Waals surface area contributed by atoms with E-state index in [0.717, 1.165) is 10.1 Å². The van der Waals surface area contributed by atoms with E-state index in [2.05, 4.69) is 5.32 Å². The average Bonchev–Trinajstić information content (AvgIpc) is 2.90. The molecule has 7 nitrogen and oxygen atoms in total. The summed E-state index contributed by atoms with van der Waals surface area (Å²) < 4.78 is 2.50. The number of amides is 1. The lowest BCUT2D eigenvalue weighted by atomic mass is 10.1. The normalized spacial score (nSPS) is 10.9. The fourth-order valence-electron chi connectivity index (χ4n) is 4.06. The minimum absolute atomic E-state index is 0.133. The number of ketones is 1. The number of rotatable bonds is 10. The second-order valence-corrected chi connectivity index (χ2v) is 8.86. The zero-order chi connectivity index (χ0) is 25.5. The Bertz CT molecular complexity index is 1510. The molecular formula is C28H26ClN3O4. The first-order valence-corrected chi connectivity index (χ1v) is 12.1. The summed E-state index contributed by atoms with van der Waals surface area (Å²) in [4.78, 5) is 51.4. The molecule has 0 bridgehead atoms. The van der Waals surface area contributed by atoms with Gasteiger partial charge in [0.2, 0.25) is 5.91 Å². The molecule has 8 heteroatoms. The van der Waals surface area contributed by atoms with Crippen LogP contribution in [0.25, 0.3) is 10.9 Å². The minimum atomic E-state index is -0.536. The smallest absolute Gasteiger partial charge is 0.331 e. The fourth-order valence-corrected chi connectivity index (χ4v) is 4.26. The third-order valence-electron chi connectivity index (χ3n) is 6.00. The number of nitrogens with one attached hydrogen (secondary N) is 1. The fraction of sp³-hybridized carbons (Fsp3) is 0.214. The van der Waals surface area contributed by atoms with Crippen molar-refractivity contribution in [3.8, 4) is 0 Å². The van der Waals surface area contributed by atoms with Crippen molar-refractivity contribution in [1.82, 2.24) is 14.5 Å². The molecule has 1 N–H and O–H groups in total. The van der Waals surface area contributed by atoms with Crippen LogP contribution in [-0.4, -0.2) is 20.8 Å². The molecule has 36 heavy (non-hydrogen) atoms. The maximum Gasteiger partial charge on any atom is 0.331 e. The molecule has 1 amide bonds. The maximum absolute atomic E-state index is 13.3.